The summed E-state index contributed by atoms with van der Waals surface area (Å²) in [6.07, 6.45) is 1.01. The van der Waals surface area contributed by atoms with E-state index >= 15 is 0 Å². The van der Waals surface area contributed by atoms with Gasteiger partial charge in [-0.05, 0) is 43.0 Å². The van der Waals surface area contributed by atoms with Gasteiger partial charge in [-0.15, -0.1) is 22.7 Å². The molecule has 0 bridgehead atoms. The predicted molar refractivity (Wildman–Crippen MR) is 124 cm³/mol. The zero-order chi connectivity index (χ0) is 22.7. The van der Waals surface area contributed by atoms with Gasteiger partial charge in [-0.25, -0.2) is 0 Å². The summed E-state index contributed by atoms with van der Waals surface area (Å²) in [6.45, 7) is 0. The Labute approximate surface area is 198 Å². The van der Waals surface area contributed by atoms with E-state index in [0.29, 0.717) is 52.2 Å². The Kier molecular flexibility index (Phi) is 9.40. The normalized spacial score (nSPS) is 12.3. The van der Waals surface area contributed by atoms with Crippen LogP contribution in [0.5, 0.6) is 0 Å². The summed E-state index contributed by atoms with van der Waals surface area (Å²) in [5, 5.41) is 0. The first-order valence-corrected chi connectivity index (χ1v) is 14.7. The highest BCUT2D eigenvalue weighted by Gasteiger charge is 2.34. The molecule has 0 aliphatic heterocycles. The molecule has 0 saturated carbocycles. The molecule has 0 radical (unpaired) electrons. The van der Waals surface area contributed by atoms with Crippen molar-refractivity contribution in [3.63, 3.8) is 0 Å². The molecule has 0 aliphatic rings. The summed E-state index contributed by atoms with van der Waals surface area (Å²) in [7, 11) is -1.94. The van der Waals surface area contributed by atoms with Gasteiger partial charge < -0.3 is 18.1 Å². The van der Waals surface area contributed by atoms with E-state index in [1.165, 1.54) is 28.4 Å². The van der Waals surface area contributed by atoms with Crippen LogP contribution in [0.1, 0.15) is 30.5 Å². The van der Waals surface area contributed by atoms with Gasteiger partial charge in [0, 0.05) is 39.6 Å². The van der Waals surface area contributed by atoms with E-state index in [9.17, 15) is 18.7 Å². The summed E-state index contributed by atoms with van der Waals surface area (Å²) in [5.74, 6) is 0. The number of hydrogen-bond acceptors (Lipinski definition) is 10. The number of hydrogen-bond donors (Lipinski definition) is 0. The third-order valence-electron chi connectivity index (χ3n) is 4.25. The Morgan fingerprint density at radius 2 is 1.03 bits per heavy atom. The Bertz CT molecular complexity index is 950. The molecule has 0 spiro atoms. The fourth-order valence-electron chi connectivity index (χ4n) is 2.70. The van der Waals surface area contributed by atoms with Crippen molar-refractivity contribution in [2.75, 3.05) is 28.4 Å². The molecule has 30 heavy (non-hydrogen) atoms. The molecule has 0 unspecified atom stereocenters. The van der Waals surface area contributed by atoms with Crippen molar-refractivity contribution in [3.05, 3.63) is 28.5 Å². The molecule has 0 aliphatic carbocycles. The van der Waals surface area contributed by atoms with Crippen LogP contribution in [0.4, 0.5) is 0 Å². The van der Waals surface area contributed by atoms with Crippen molar-refractivity contribution in [2.45, 2.75) is 12.3 Å². The highest BCUT2D eigenvalue weighted by Crippen LogP contribution is 2.58. The molecule has 0 aromatic carbocycles. The van der Waals surface area contributed by atoms with Crippen LogP contribution in [0.2, 0.25) is 0 Å². The summed E-state index contributed by atoms with van der Waals surface area (Å²) >= 11 is 9.07. The van der Waals surface area contributed by atoms with E-state index in [0.717, 1.165) is 22.7 Å². The molecule has 0 amide bonds. The quantitative estimate of drug-likeness (QED) is 0.204. The minimum absolute atomic E-state index is 0.141. The highest BCUT2D eigenvalue weighted by atomic mass is 79.9. The molecule has 0 saturated heterocycles. The van der Waals surface area contributed by atoms with Crippen molar-refractivity contribution in [2.24, 2.45) is 0 Å². The van der Waals surface area contributed by atoms with Gasteiger partial charge in [0.2, 0.25) is 0 Å². The Balaban J connectivity index is 2.84. The molecule has 0 fully saturated rings. The van der Waals surface area contributed by atoms with Crippen LogP contribution in [-0.2, 0) is 39.5 Å². The van der Waals surface area contributed by atoms with Crippen molar-refractivity contribution >= 4 is 82.3 Å². The lowest BCUT2D eigenvalue weighted by molar-refractivity contribution is 0.111. The van der Waals surface area contributed by atoms with Crippen molar-refractivity contribution in [1.82, 2.24) is 0 Å². The lowest BCUT2D eigenvalue weighted by Crippen LogP contribution is -2.00. The van der Waals surface area contributed by atoms with Gasteiger partial charge in [0.1, 0.15) is 0 Å². The van der Waals surface area contributed by atoms with E-state index < -0.39 is 15.2 Å². The number of carbonyl (C=O) groups is 2. The number of halogens is 2. The fraction of sp³-hybridized carbons (Fsp3) is 0.375. The van der Waals surface area contributed by atoms with Gasteiger partial charge in [0.15, 0.2) is 12.6 Å². The highest BCUT2D eigenvalue weighted by molar-refractivity contribution is 9.11. The maximum atomic E-state index is 12.8. The minimum Gasteiger partial charge on any atom is -0.312 e. The van der Waals surface area contributed by atoms with E-state index in [2.05, 4.69) is 31.9 Å². The zero-order valence-electron chi connectivity index (χ0n) is 16.3. The van der Waals surface area contributed by atoms with E-state index in [-0.39, 0.29) is 12.3 Å². The van der Waals surface area contributed by atoms with E-state index in [1.807, 2.05) is 0 Å². The summed E-state index contributed by atoms with van der Waals surface area (Å²) in [6, 6.07) is 0. The molecule has 8 nitrogen and oxygen atoms in total. The average molecular weight is 624 g/mol. The third-order valence-corrected chi connectivity index (χ3v) is 11.7. The second-order valence-electron chi connectivity index (χ2n) is 5.69. The monoisotopic (exact) mass is 622 g/mol. The first-order valence-electron chi connectivity index (χ1n) is 8.06. The second-order valence-corrected chi connectivity index (χ2v) is 15.0. The average Bonchev–Trinajstić information content (AvgIpc) is 3.22. The largest absolute Gasteiger partial charge is 0.334 e. The van der Waals surface area contributed by atoms with Crippen LogP contribution in [-0.4, -0.2) is 41.0 Å². The molecule has 2 aromatic rings. The third kappa shape index (κ3) is 5.31. The van der Waals surface area contributed by atoms with Crippen LogP contribution in [0, 0.1) is 0 Å². The molecule has 2 rings (SSSR count). The zero-order valence-corrected chi connectivity index (χ0v) is 22.9. The molecule has 2 aromatic heterocycles. The van der Waals surface area contributed by atoms with E-state index in [4.69, 9.17) is 18.1 Å². The molecule has 166 valence electrons. The summed E-state index contributed by atoms with van der Waals surface area (Å²) in [4.78, 5) is 24.3. The molecule has 0 atom stereocenters. The van der Waals surface area contributed by atoms with Gasteiger partial charge in [0.05, 0.1) is 29.7 Å². The smallest absolute Gasteiger partial charge is 0.312 e. The van der Waals surface area contributed by atoms with Gasteiger partial charge in [-0.1, -0.05) is 0 Å². The lowest BCUT2D eigenvalue weighted by Gasteiger charge is -2.17. The Morgan fingerprint density at radius 1 is 0.733 bits per heavy atom. The van der Waals surface area contributed by atoms with Crippen LogP contribution < -0.4 is 0 Å². The predicted octanol–water partition coefficient (Wildman–Crippen LogP) is 6.60. The van der Waals surface area contributed by atoms with Gasteiger partial charge in [0.25, 0.3) is 0 Å². The maximum absolute atomic E-state index is 12.8. The van der Waals surface area contributed by atoms with Gasteiger partial charge in [-0.2, -0.15) is 0 Å². The summed E-state index contributed by atoms with van der Waals surface area (Å²) < 4.78 is 46.9. The van der Waals surface area contributed by atoms with E-state index in [1.54, 1.807) is 0 Å². The molecule has 14 heteroatoms. The lowest BCUT2D eigenvalue weighted by atomic mass is 10.00. The molecular formula is C16H18Br2O8P2S2. The van der Waals surface area contributed by atoms with Crippen LogP contribution in [0.15, 0.2) is 7.57 Å². The summed E-state index contributed by atoms with van der Waals surface area (Å²) in [5.41, 5.74) is 1.75. The Hall–Kier alpha value is -0.000000000000000125. The number of carbonyl (C=O) groups excluding carboxylic acids is 2. The van der Waals surface area contributed by atoms with Crippen LogP contribution in [0.25, 0.3) is 11.1 Å². The molecule has 0 N–H and O–H groups in total. The van der Waals surface area contributed by atoms with Crippen LogP contribution in [0.3, 0.4) is 0 Å². The van der Waals surface area contributed by atoms with Gasteiger partial charge in [-0.3, -0.25) is 18.7 Å². The second kappa shape index (κ2) is 10.7. The molecule has 2 heterocycles. The first kappa shape index (κ1) is 26.3. The van der Waals surface area contributed by atoms with Crippen molar-refractivity contribution < 1.29 is 36.8 Å². The molecular weight excluding hydrogens is 606 g/mol. The SMILES string of the molecule is COP(=O)(Cc1c(Br)sc(C=O)c1-c1c(C=O)sc(Br)c1CP(=O)(OC)OC)OC. The fourth-order valence-corrected chi connectivity index (χ4v) is 9.03. The topological polar surface area (TPSA) is 105 Å². The minimum atomic E-state index is -3.50. The van der Waals surface area contributed by atoms with Crippen LogP contribution >= 0.6 is 69.7 Å². The van der Waals surface area contributed by atoms with Gasteiger partial charge >= 0.3 is 15.2 Å². The number of aldehydes is 2. The number of rotatable bonds is 11. The Morgan fingerprint density at radius 3 is 1.27 bits per heavy atom. The number of thiophene rings is 2. The maximum Gasteiger partial charge on any atom is 0.334 e. The standard InChI is InChI=1S/C16H18Br2O8P2S2/c1-23-27(21,24-2)7-9-13(11(5-19)29-15(9)17)14-10(8-28(22,25-3)26-4)16(18)30-12(14)6-20/h5-6H,7-8H2,1-4H3. The van der Waals surface area contributed by atoms with Crippen molar-refractivity contribution in [3.8, 4) is 11.1 Å². The first-order chi connectivity index (χ1) is 14.1. The van der Waals surface area contributed by atoms with Crippen molar-refractivity contribution in [1.29, 1.82) is 0 Å².